The lowest BCUT2D eigenvalue weighted by atomic mass is 9.95. The monoisotopic (exact) mass is 410 g/mol. The molecule has 0 spiro atoms. The maximum atomic E-state index is 12.9. The minimum atomic E-state index is -0.158. The molecule has 0 aliphatic carbocycles. The molecule has 0 bridgehead atoms. The lowest BCUT2D eigenvalue weighted by Crippen LogP contribution is -2.41. The molecule has 2 aromatic heterocycles. The van der Waals surface area contributed by atoms with E-state index in [9.17, 15) is 14.4 Å². The minimum absolute atomic E-state index is 0.0397. The van der Waals surface area contributed by atoms with Gasteiger partial charge in [-0.2, -0.15) is 0 Å². The Bertz CT molecular complexity index is 1080. The van der Waals surface area contributed by atoms with E-state index in [0.717, 1.165) is 37.9 Å². The number of aldehydes is 1. The molecule has 0 radical (unpaired) electrons. The second-order valence-electron chi connectivity index (χ2n) is 7.31. The highest BCUT2D eigenvalue weighted by Crippen LogP contribution is 2.25. The molecule has 1 amide bonds. The van der Waals surface area contributed by atoms with Gasteiger partial charge >= 0.3 is 0 Å². The number of aromatic nitrogens is 2. The van der Waals surface area contributed by atoms with Crippen molar-refractivity contribution in [1.82, 2.24) is 14.9 Å². The summed E-state index contributed by atoms with van der Waals surface area (Å²) in [5.41, 5.74) is 2.24. The third kappa shape index (κ3) is 4.07. The van der Waals surface area contributed by atoms with Crippen LogP contribution in [0.4, 0.5) is 5.69 Å². The van der Waals surface area contributed by atoms with E-state index in [-0.39, 0.29) is 23.9 Å². The zero-order chi connectivity index (χ0) is 20.4. The van der Waals surface area contributed by atoms with Gasteiger partial charge < -0.3 is 14.8 Å². The van der Waals surface area contributed by atoms with Crippen LogP contribution < -0.4 is 10.5 Å². The zero-order valence-electron chi connectivity index (χ0n) is 16.1. The van der Waals surface area contributed by atoms with Gasteiger partial charge in [-0.15, -0.1) is 11.3 Å². The average molecular weight is 410 g/mol. The zero-order valence-corrected chi connectivity index (χ0v) is 16.9. The quantitative estimate of drug-likeness (QED) is 0.654. The topological polar surface area (TPSA) is 86.4 Å². The van der Waals surface area contributed by atoms with Crippen LogP contribution in [0, 0.1) is 5.92 Å². The van der Waals surface area contributed by atoms with E-state index in [1.807, 2.05) is 35.7 Å². The van der Waals surface area contributed by atoms with Gasteiger partial charge in [0.25, 0.3) is 5.56 Å². The average Bonchev–Trinajstić information content (AvgIpc) is 3.22. The number of amides is 1. The number of carbonyl (C=O) groups excluding carboxylic acids is 2. The first-order valence-corrected chi connectivity index (χ1v) is 10.4. The van der Waals surface area contributed by atoms with Crippen molar-refractivity contribution in [2.24, 2.45) is 5.92 Å². The summed E-state index contributed by atoms with van der Waals surface area (Å²) in [6.07, 6.45) is 2.38. The summed E-state index contributed by atoms with van der Waals surface area (Å²) < 4.78 is 0.608. The molecular weight excluding hydrogens is 388 g/mol. The summed E-state index contributed by atoms with van der Waals surface area (Å²) >= 11 is 1.36. The summed E-state index contributed by atoms with van der Waals surface area (Å²) in [6, 6.07) is 9.33. The minimum Gasteiger partial charge on any atom is -0.371 e. The molecule has 7 nitrogen and oxygen atoms in total. The molecule has 1 aliphatic rings. The lowest BCUT2D eigenvalue weighted by molar-refractivity contribution is -0.135. The molecule has 0 unspecified atom stereocenters. The Balaban J connectivity index is 1.36. The molecule has 1 aliphatic heterocycles. The van der Waals surface area contributed by atoms with Crippen LogP contribution in [0.15, 0.2) is 40.5 Å². The van der Waals surface area contributed by atoms with Gasteiger partial charge in [0, 0.05) is 37.3 Å². The van der Waals surface area contributed by atoms with E-state index >= 15 is 0 Å². The van der Waals surface area contributed by atoms with Crippen LogP contribution in [0.25, 0.3) is 10.2 Å². The maximum Gasteiger partial charge on any atom is 0.268 e. The summed E-state index contributed by atoms with van der Waals surface area (Å²) in [6.45, 7) is 1.87. The molecule has 1 saturated heterocycles. The summed E-state index contributed by atoms with van der Waals surface area (Å²) in [4.78, 5) is 46.9. The number of benzene rings is 1. The molecule has 0 atom stereocenters. The number of nitrogens with one attached hydrogen (secondary N) is 1. The number of carbonyl (C=O) groups is 2. The molecule has 150 valence electrons. The molecule has 1 N–H and O–H groups in total. The Kier molecular flexibility index (Phi) is 5.44. The smallest absolute Gasteiger partial charge is 0.268 e. The fraction of sp³-hybridized carbons (Fsp3) is 0.333. The second-order valence-corrected chi connectivity index (χ2v) is 8.23. The fourth-order valence-electron chi connectivity index (χ4n) is 3.76. The number of aromatic amines is 1. The Labute approximate surface area is 172 Å². The van der Waals surface area contributed by atoms with Gasteiger partial charge in [-0.1, -0.05) is 0 Å². The first kappa shape index (κ1) is 19.3. The van der Waals surface area contributed by atoms with E-state index in [4.69, 9.17) is 0 Å². The van der Waals surface area contributed by atoms with Gasteiger partial charge in [-0.3, -0.25) is 14.4 Å². The number of fused-ring (bicyclic) bond motifs is 1. The predicted octanol–water partition coefficient (Wildman–Crippen LogP) is 2.67. The highest BCUT2D eigenvalue weighted by molar-refractivity contribution is 7.17. The molecule has 8 heteroatoms. The standard InChI is InChI=1S/C21H22N4O3S/c1-24(12-18-22-17-8-11-29-19(17)20(27)23-18)21(28)15-6-9-25(10-7-15)16-4-2-14(13-26)3-5-16/h2-5,8,11,13,15H,6-7,9-10,12H2,1H3,(H,22,23,27). The number of nitrogens with zero attached hydrogens (tertiary/aromatic N) is 3. The number of anilines is 1. The molecule has 1 aromatic carbocycles. The third-order valence-electron chi connectivity index (χ3n) is 5.37. The SMILES string of the molecule is CN(Cc1nc2ccsc2c(=O)[nH]1)C(=O)C1CCN(c2ccc(C=O)cc2)CC1. The maximum absolute atomic E-state index is 12.9. The molecule has 4 rings (SSSR count). The van der Waals surface area contributed by atoms with E-state index < -0.39 is 0 Å². The molecular formula is C21H22N4O3S. The molecule has 29 heavy (non-hydrogen) atoms. The lowest BCUT2D eigenvalue weighted by Gasteiger charge is -2.34. The molecule has 1 fully saturated rings. The van der Waals surface area contributed by atoms with Crippen LogP contribution in [0.5, 0.6) is 0 Å². The number of hydrogen-bond donors (Lipinski definition) is 1. The van der Waals surface area contributed by atoms with Gasteiger partial charge in [-0.05, 0) is 48.6 Å². The van der Waals surface area contributed by atoms with Crippen molar-refractivity contribution in [3.8, 4) is 0 Å². The van der Waals surface area contributed by atoms with Crippen LogP contribution in [0.3, 0.4) is 0 Å². The third-order valence-corrected chi connectivity index (χ3v) is 6.27. The van der Waals surface area contributed by atoms with E-state index in [2.05, 4.69) is 14.9 Å². The van der Waals surface area contributed by atoms with Crippen LogP contribution >= 0.6 is 11.3 Å². The van der Waals surface area contributed by atoms with Crippen molar-refractivity contribution in [2.75, 3.05) is 25.0 Å². The first-order valence-electron chi connectivity index (χ1n) is 9.56. The Morgan fingerprint density at radius 3 is 2.69 bits per heavy atom. The fourth-order valence-corrected chi connectivity index (χ4v) is 4.48. The van der Waals surface area contributed by atoms with E-state index in [1.165, 1.54) is 11.3 Å². The predicted molar refractivity (Wildman–Crippen MR) is 113 cm³/mol. The molecule has 3 aromatic rings. The highest BCUT2D eigenvalue weighted by Gasteiger charge is 2.27. The number of thiophene rings is 1. The number of H-pyrrole nitrogens is 1. The Morgan fingerprint density at radius 2 is 2.00 bits per heavy atom. The summed E-state index contributed by atoms with van der Waals surface area (Å²) in [5, 5.41) is 1.84. The molecule has 3 heterocycles. The number of hydrogen-bond acceptors (Lipinski definition) is 6. The van der Waals surface area contributed by atoms with Crippen LogP contribution in [-0.2, 0) is 11.3 Å². The van der Waals surface area contributed by atoms with Gasteiger partial charge in [0.15, 0.2) is 0 Å². The van der Waals surface area contributed by atoms with Crippen molar-refractivity contribution < 1.29 is 9.59 Å². The van der Waals surface area contributed by atoms with Crippen LogP contribution in [0.1, 0.15) is 29.0 Å². The van der Waals surface area contributed by atoms with Crippen molar-refractivity contribution in [3.05, 3.63) is 57.5 Å². The van der Waals surface area contributed by atoms with Crippen molar-refractivity contribution in [3.63, 3.8) is 0 Å². The van der Waals surface area contributed by atoms with E-state index in [1.54, 1.807) is 11.9 Å². The van der Waals surface area contributed by atoms with E-state index in [0.29, 0.717) is 21.6 Å². The van der Waals surface area contributed by atoms with Gasteiger partial charge in [-0.25, -0.2) is 4.98 Å². The largest absolute Gasteiger partial charge is 0.371 e. The summed E-state index contributed by atoms with van der Waals surface area (Å²) in [5.74, 6) is 0.542. The normalized spacial score (nSPS) is 14.9. The van der Waals surface area contributed by atoms with Crippen molar-refractivity contribution >= 4 is 39.4 Å². The Hall–Kier alpha value is -3.00. The molecule has 0 saturated carbocycles. The van der Waals surface area contributed by atoms with Crippen molar-refractivity contribution in [1.29, 1.82) is 0 Å². The van der Waals surface area contributed by atoms with Gasteiger partial charge in [0.1, 0.15) is 16.8 Å². The second kappa shape index (κ2) is 8.16. The number of piperidine rings is 1. The summed E-state index contributed by atoms with van der Waals surface area (Å²) in [7, 11) is 1.75. The van der Waals surface area contributed by atoms with Gasteiger partial charge in [0.05, 0.1) is 12.1 Å². The van der Waals surface area contributed by atoms with Crippen molar-refractivity contribution in [2.45, 2.75) is 19.4 Å². The first-order chi connectivity index (χ1) is 14.0. The number of rotatable bonds is 5. The Morgan fingerprint density at radius 1 is 1.28 bits per heavy atom. The van der Waals surface area contributed by atoms with Gasteiger partial charge in [0.2, 0.25) is 5.91 Å². The van der Waals surface area contributed by atoms with Crippen LogP contribution in [0.2, 0.25) is 0 Å². The van der Waals surface area contributed by atoms with Crippen LogP contribution in [-0.4, -0.2) is 47.2 Å². The highest BCUT2D eigenvalue weighted by atomic mass is 32.1.